The fraction of sp³-hybridized carbons (Fsp3) is 0.379. The summed E-state index contributed by atoms with van der Waals surface area (Å²) in [6, 6.07) is 12.0. The number of hydrogen-bond donors (Lipinski definition) is 3. The largest absolute Gasteiger partial charge is 0.507 e. The van der Waals surface area contributed by atoms with E-state index in [-0.39, 0.29) is 18.3 Å². The molecule has 3 N–H and O–H groups in total. The molecule has 9 heteroatoms. The van der Waals surface area contributed by atoms with Crippen molar-refractivity contribution in [3.05, 3.63) is 68.9 Å². The first-order valence-electron chi connectivity index (χ1n) is 12.7. The van der Waals surface area contributed by atoms with Crippen molar-refractivity contribution in [2.24, 2.45) is 0 Å². The van der Waals surface area contributed by atoms with E-state index < -0.39 is 5.60 Å². The highest BCUT2D eigenvalue weighted by atomic mass is 35.5. The molecule has 0 saturated carbocycles. The van der Waals surface area contributed by atoms with Gasteiger partial charge < -0.3 is 25.0 Å². The lowest BCUT2D eigenvalue weighted by molar-refractivity contribution is -0.148. The minimum absolute atomic E-state index is 0. The quantitative estimate of drug-likeness (QED) is 0.285. The Hall–Kier alpha value is -3.23. The van der Waals surface area contributed by atoms with Gasteiger partial charge in [0, 0.05) is 49.5 Å². The maximum absolute atomic E-state index is 13.6. The van der Waals surface area contributed by atoms with E-state index in [2.05, 4.69) is 22.3 Å². The number of phenolic OH excluding ortho intramolecular Hbond substituents is 1. The Morgan fingerprint density at radius 2 is 1.74 bits per heavy atom. The van der Waals surface area contributed by atoms with Gasteiger partial charge in [-0.3, -0.25) is 10.2 Å². The van der Waals surface area contributed by atoms with Crippen molar-refractivity contribution in [1.29, 1.82) is 5.41 Å². The normalized spacial score (nSPS) is 18.7. The minimum Gasteiger partial charge on any atom is -0.507 e. The Morgan fingerprint density at radius 1 is 1.05 bits per heavy atom. The maximum Gasteiger partial charge on any atom is 0.266 e. The third kappa shape index (κ3) is 5.07. The van der Waals surface area contributed by atoms with E-state index in [1.54, 1.807) is 11.3 Å². The highest BCUT2D eigenvalue weighted by Gasteiger charge is 2.43. The molecule has 1 fully saturated rings. The van der Waals surface area contributed by atoms with Gasteiger partial charge in [0.15, 0.2) is 5.60 Å². The van der Waals surface area contributed by atoms with Crippen LogP contribution in [0.2, 0.25) is 0 Å². The van der Waals surface area contributed by atoms with Crippen LogP contribution < -0.4 is 15.0 Å². The monoisotopic (exact) mass is 554 g/mol. The van der Waals surface area contributed by atoms with E-state index in [0.717, 1.165) is 57.3 Å². The number of carbonyl (C=O) groups excluding carboxylic acids is 1. The fourth-order valence-electron chi connectivity index (χ4n) is 5.28. The molecule has 1 saturated heterocycles. The summed E-state index contributed by atoms with van der Waals surface area (Å²) in [5, 5.41) is 23.8. The molecule has 5 rings (SSSR count). The molecule has 202 valence electrons. The number of amides is 1. The number of fused-ring (bicyclic) bond motifs is 1. The van der Waals surface area contributed by atoms with Crippen molar-refractivity contribution < 1.29 is 14.6 Å². The number of benzene rings is 2. The molecule has 7 nitrogen and oxygen atoms in total. The Bertz CT molecular complexity index is 1340. The zero-order valence-electron chi connectivity index (χ0n) is 22.3. The van der Waals surface area contributed by atoms with Crippen molar-refractivity contribution in [1.82, 2.24) is 4.90 Å². The molecule has 3 heterocycles. The average molecular weight is 555 g/mol. The van der Waals surface area contributed by atoms with Gasteiger partial charge >= 0.3 is 0 Å². The number of nitrogens with one attached hydrogen (secondary N) is 2. The van der Waals surface area contributed by atoms with Crippen LogP contribution >= 0.6 is 23.7 Å². The van der Waals surface area contributed by atoms with Gasteiger partial charge in [-0.05, 0) is 86.5 Å². The number of amidine groups is 1. The maximum atomic E-state index is 13.6. The first-order chi connectivity index (χ1) is 17.7. The number of ether oxygens (including phenoxy) is 1. The summed E-state index contributed by atoms with van der Waals surface area (Å²) >= 11 is 1.54. The molecule has 38 heavy (non-hydrogen) atoms. The van der Waals surface area contributed by atoms with Crippen LogP contribution in [0.3, 0.4) is 0 Å². The van der Waals surface area contributed by atoms with E-state index in [4.69, 9.17) is 10.1 Å². The van der Waals surface area contributed by atoms with Crippen LogP contribution in [0.5, 0.6) is 11.5 Å². The number of nitrogens with zero attached hydrogens (tertiary/aromatic N) is 2. The predicted octanol–water partition coefficient (Wildman–Crippen LogP) is 5.67. The van der Waals surface area contributed by atoms with Gasteiger partial charge in [-0.25, -0.2) is 0 Å². The lowest BCUT2D eigenvalue weighted by Gasteiger charge is -2.42. The van der Waals surface area contributed by atoms with Crippen LogP contribution in [0.15, 0.2) is 41.8 Å². The number of anilines is 2. The minimum atomic E-state index is -0.907. The van der Waals surface area contributed by atoms with Gasteiger partial charge in [0.05, 0.1) is 4.88 Å². The van der Waals surface area contributed by atoms with E-state index >= 15 is 0 Å². The zero-order chi connectivity index (χ0) is 26.3. The molecule has 2 aliphatic heterocycles. The number of hydrogen-bond acceptors (Lipinski definition) is 6. The summed E-state index contributed by atoms with van der Waals surface area (Å²) in [4.78, 5) is 18.7. The Morgan fingerprint density at radius 3 is 2.37 bits per heavy atom. The molecule has 0 aliphatic carbocycles. The molecule has 2 aromatic carbocycles. The fourth-order valence-corrected chi connectivity index (χ4v) is 5.91. The molecule has 0 radical (unpaired) electrons. The molecule has 0 spiro atoms. The number of phenols is 1. The standard InChI is InChI=1S/C29H34N4O3S.ClH/c1-18-19(2)26-23(20(3)25(18)34)11-12-29(4,36-26)28(35)33-15-13-32(14-16-33)22-9-7-21(8-10-22)31-27(30)24-6-5-17-37-24;/h5-10,17,34H,11-16H2,1-4H3,(H2,30,31);1H/t29-;/m1./s1. The van der Waals surface area contributed by atoms with Crippen LogP contribution in [0.4, 0.5) is 11.4 Å². The summed E-state index contributed by atoms with van der Waals surface area (Å²) in [5.41, 5.74) is 4.67. The number of piperazine rings is 1. The molecule has 2 aliphatic rings. The lowest BCUT2D eigenvalue weighted by atomic mass is 9.86. The lowest BCUT2D eigenvalue weighted by Crippen LogP contribution is -2.57. The molecule has 1 amide bonds. The van der Waals surface area contributed by atoms with Crippen LogP contribution in [-0.4, -0.2) is 53.5 Å². The molecule has 0 bridgehead atoms. The first-order valence-corrected chi connectivity index (χ1v) is 13.6. The van der Waals surface area contributed by atoms with Gasteiger partial charge in [-0.2, -0.15) is 0 Å². The van der Waals surface area contributed by atoms with E-state index in [9.17, 15) is 9.90 Å². The number of halogens is 1. The first kappa shape index (κ1) is 27.8. The van der Waals surface area contributed by atoms with Crippen molar-refractivity contribution in [3.63, 3.8) is 0 Å². The number of rotatable bonds is 4. The topological polar surface area (TPSA) is 88.9 Å². The zero-order valence-corrected chi connectivity index (χ0v) is 23.9. The third-order valence-electron chi connectivity index (χ3n) is 7.81. The van der Waals surface area contributed by atoms with Crippen molar-refractivity contribution in [2.75, 3.05) is 36.4 Å². The summed E-state index contributed by atoms with van der Waals surface area (Å²) < 4.78 is 6.43. The van der Waals surface area contributed by atoms with Gasteiger partial charge in [-0.1, -0.05) is 6.07 Å². The molecule has 3 aromatic rings. The average Bonchev–Trinajstić information content (AvgIpc) is 3.46. The SMILES string of the molecule is Cc1c(C)c2c(c(C)c1O)CC[C@](C)(C(=O)N1CCN(c3ccc(NC(=N)c4cccs4)cc3)CC1)O2.Cl. The van der Waals surface area contributed by atoms with Crippen LogP contribution in [0.25, 0.3) is 0 Å². The van der Waals surface area contributed by atoms with Crippen LogP contribution in [-0.2, 0) is 11.2 Å². The van der Waals surface area contributed by atoms with E-state index in [0.29, 0.717) is 37.5 Å². The second-order valence-electron chi connectivity index (χ2n) is 10.2. The summed E-state index contributed by atoms with van der Waals surface area (Å²) in [5.74, 6) is 1.52. The van der Waals surface area contributed by atoms with Gasteiger partial charge in [0.25, 0.3) is 5.91 Å². The van der Waals surface area contributed by atoms with Gasteiger partial charge in [0.1, 0.15) is 17.3 Å². The summed E-state index contributed by atoms with van der Waals surface area (Å²) in [6.45, 7) is 10.5. The number of aromatic hydroxyl groups is 1. The highest BCUT2D eigenvalue weighted by molar-refractivity contribution is 7.12. The predicted molar refractivity (Wildman–Crippen MR) is 157 cm³/mol. The van der Waals surface area contributed by atoms with Crippen LogP contribution in [0.1, 0.15) is 40.5 Å². The van der Waals surface area contributed by atoms with Crippen LogP contribution in [0, 0.1) is 26.2 Å². The molecule has 1 aromatic heterocycles. The second-order valence-corrected chi connectivity index (χ2v) is 11.1. The van der Waals surface area contributed by atoms with Gasteiger partial charge in [-0.15, -0.1) is 23.7 Å². The third-order valence-corrected chi connectivity index (χ3v) is 8.70. The Balaban J connectivity index is 0.00000336. The molecular weight excluding hydrogens is 520 g/mol. The van der Waals surface area contributed by atoms with E-state index in [1.165, 1.54) is 0 Å². The second kappa shape index (κ2) is 10.9. The smallest absolute Gasteiger partial charge is 0.266 e. The van der Waals surface area contributed by atoms with Crippen molar-refractivity contribution >= 4 is 46.9 Å². The number of thiophene rings is 1. The summed E-state index contributed by atoms with van der Waals surface area (Å²) in [7, 11) is 0. The molecular formula is C29H35ClN4O3S. The Labute approximate surface area is 234 Å². The van der Waals surface area contributed by atoms with E-state index in [1.807, 2.05) is 62.2 Å². The molecule has 1 atom stereocenters. The Kier molecular flexibility index (Phi) is 7.95. The number of carbonyl (C=O) groups is 1. The van der Waals surface area contributed by atoms with Crippen molar-refractivity contribution in [3.8, 4) is 11.5 Å². The van der Waals surface area contributed by atoms with Crippen molar-refractivity contribution in [2.45, 2.75) is 46.1 Å². The summed E-state index contributed by atoms with van der Waals surface area (Å²) in [6.07, 6.45) is 1.30. The molecule has 0 unspecified atom stereocenters. The van der Waals surface area contributed by atoms with Gasteiger partial charge in [0.2, 0.25) is 0 Å². The highest BCUT2D eigenvalue weighted by Crippen LogP contribution is 2.43.